The molecule has 1 N–H and O–H groups in total. The normalized spacial score (nSPS) is 10.1. The first-order valence-corrected chi connectivity index (χ1v) is 8.10. The number of pyridine rings is 1. The highest BCUT2D eigenvalue weighted by atomic mass is 35.5. The molecular formula is C20H21ClN2O3. The third kappa shape index (κ3) is 3.89. The molecule has 3 aromatic rings. The Kier molecular flexibility index (Phi) is 6.41. The van der Waals surface area contributed by atoms with E-state index in [1.165, 1.54) is 0 Å². The van der Waals surface area contributed by atoms with Gasteiger partial charge in [0.1, 0.15) is 11.3 Å². The molecule has 0 aliphatic heterocycles. The molecule has 0 amide bonds. The summed E-state index contributed by atoms with van der Waals surface area (Å²) in [6, 6.07) is 13.4. The summed E-state index contributed by atoms with van der Waals surface area (Å²) < 4.78 is 10.4. The first kappa shape index (κ1) is 19.5. The largest absolute Gasteiger partial charge is 0.497 e. The molecule has 5 nitrogen and oxygen atoms in total. The van der Waals surface area contributed by atoms with E-state index >= 15 is 0 Å². The van der Waals surface area contributed by atoms with Crippen LogP contribution in [0.1, 0.15) is 22.8 Å². The molecule has 0 aliphatic carbocycles. The number of carbonyl (C=O) groups is 1. The van der Waals surface area contributed by atoms with Gasteiger partial charge in [0, 0.05) is 17.3 Å². The van der Waals surface area contributed by atoms with Crippen molar-refractivity contribution < 1.29 is 14.3 Å². The standard InChI is InChI=1S/C20H20N2O3.ClH/c1-4-25-20(23)16-12-21-18-8-6-5-7-15(18)19(16)22-17-10-9-14(24-3)11-13(17)2;/h5-12H,4H2,1-3H3,(H,21,22);1H. The summed E-state index contributed by atoms with van der Waals surface area (Å²) in [4.78, 5) is 16.7. The van der Waals surface area contributed by atoms with Crippen LogP contribution in [0.4, 0.5) is 11.4 Å². The minimum atomic E-state index is -0.394. The first-order valence-electron chi connectivity index (χ1n) is 8.10. The topological polar surface area (TPSA) is 60.5 Å². The number of benzene rings is 2. The lowest BCUT2D eigenvalue weighted by atomic mass is 10.1. The number of nitrogens with one attached hydrogen (secondary N) is 1. The van der Waals surface area contributed by atoms with E-state index in [0.717, 1.165) is 27.9 Å². The van der Waals surface area contributed by atoms with Crippen LogP contribution in [0, 0.1) is 6.92 Å². The summed E-state index contributed by atoms with van der Waals surface area (Å²) in [6.07, 6.45) is 1.56. The van der Waals surface area contributed by atoms with Crippen LogP contribution in [0.25, 0.3) is 10.9 Å². The van der Waals surface area contributed by atoms with Crippen LogP contribution in [-0.4, -0.2) is 24.7 Å². The first-order chi connectivity index (χ1) is 12.1. The Labute approximate surface area is 158 Å². The Morgan fingerprint density at radius 2 is 1.96 bits per heavy atom. The zero-order valence-corrected chi connectivity index (χ0v) is 15.7. The van der Waals surface area contributed by atoms with E-state index in [2.05, 4.69) is 10.3 Å². The van der Waals surface area contributed by atoms with E-state index in [0.29, 0.717) is 17.9 Å². The average Bonchev–Trinajstić information content (AvgIpc) is 2.63. The fourth-order valence-electron chi connectivity index (χ4n) is 2.68. The number of aryl methyl sites for hydroxylation is 1. The molecule has 1 aromatic heterocycles. The molecule has 0 unspecified atom stereocenters. The number of aromatic nitrogens is 1. The van der Waals surface area contributed by atoms with Crippen molar-refractivity contribution in [1.82, 2.24) is 4.98 Å². The second-order valence-electron chi connectivity index (χ2n) is 5.59. The maximum atomic E-state index is 12.4. The van der Waals surface area contributed by atoms with Crippen molar-refractivity contribution in [2.45, 2.75) is 13.8 Å². The van der Waals surface area contributed by atoms with Crippen molar-refractivity contribution in [3.8, 4) is 5.75 Å². The van der Waals surface area contributed by atoms with Crippen molar-refractivity contribution in [3.05, 3.63) is 59.8 Å². The van der Waals surface area contributed by atoms with Crippen LogP contribution < -0.4 is 10.1 Å². The van der Waals surface area contributed by atoms with E-state index in [4.69, 9.17) is 9.47 Å². The summed E-state index contributed by atoms with van der Waals surface area (Å²) in [5.74, 6) is 0.391. The lowest BCUT2D eigenvalue weighted by Gasteiger charge is -2.16. The fraction of sp³-hybridized carbons (Fsp3) is 0.200. The molecule has 0 saturated heterocycles. The molecular weight excluding hydrogens is 352 g/mol. The molecule has 0 aliphatic rings. The Morgan fingerprint density at radius 3 is 2.65 bits per heavy atom. The average molecular weight is 373 g/mol. The van der Waals surface area contributed by atoms with Gasteiger partial charge in [-0.1, -0.05) is 18.2 Å². The maximum Gasteiger partial charge on any atom is 0.341 e. The Morgan fingerprint density at radius 1 is 1.19 bits per heavy atom. The SMILES string of the molecule is CCOC(=O)c1cnc2ccccc2c1Nc1ccc(OC)cc1C.Cl. The van der Waals surface area contributed by atoms with Gasteiger partial charge in [0.25, 0.3) is 0 Å². The van der Waals surface area contributed by atoms with Gasteiger partial charge in [-0.3, -0.25) is 4.98 Å². The highest BCUT2D eigenvalue weighted by molar-refractivity contribution is 6.06. The van der Waals surface area contributed by atoms with Gasteiger partial charge in [-0.05, 0) is 43.7 Å². The number of anilines is 2. The number of nitrogens with zero attached hydrogens (tertiary/aromatic N) is 1. The maximum absolute atomic E-state index is 12.4. The number of hydrogen-bond donors (Lipinski definition) is 1. The van der Waals surface area contributed by atoms with E-state index in [1.54, 1.807) is 20.2 Å². The third-order valence-corrected chi connectivity index (χ3v) is 3.96. The van der Waals surface area contributed by atoms with Gasteiger partial charge in [0.2, 0.25) is 0 Å². The molecule has 26 heavy (non-hydrogen) atoms. The van der Waals surface area contributed by atoms with Gasteiger partial charge in [0.15, 0.2) is 0 Å². The summed E-state index contributed by atoms with van der Waals surface area (Å²) in [7, 11) is 1.64. The molecule has 6 heteroatoms. The lowest BCUT2D eigenvalue weighted by Crippen LogP contribution is -2.09. The molecule has 1 heterocycles. The van der Waals surface area contributed by atoms with Gasteiger partial charge in [-0.15, -0.1) is 12.4 Å². The van der Waals surface area contributed by atoms with E-state index in [-0.39, 0.29) is 12.4 Å². The zero-order chi connectivity index (χ0) is 17.8. The Bertz CT molecular complexity index is 928. The van der Waals surface area contributed by atoms with Crippen LogP contribution in [-0.2, 0) is 4.74 Å². The number of carbonyl (C=O) groups excluding carboxylic acids is 1. The quantitative estimate of drug-likeness (QED) is 0.646. The molecule has 0 atom stereocenters. The Balaban J connectivity index is 0.00000243. The highest BCUT2D eigenvalue weighted by Crippen LogP contribution is 2.31. The van der Waals surface area contributed by atoms with Crippen LogP contribution in [0.2, 0.25) is 0 Å². The van der Waals surface area contributed by atoms with Crippen LogP contribution >= 0.6 is 12.4 Å². The number of rotatable bonds is 5. The van der Waals surface area contributed by atoms with Gasteiger partial charge >= 0.3 is 5.97 Å². The van der Waals surface area contributed by atoms with E-state index in [1.807, 2.05) is 49.4 Å². The summed E-state index contributed by atoms with van der Waals surface area (Å²) in [6.45, 7) is 4.08. The van der Waals surface area contributed by atoms with Gasteiger partial charge in [0.05, 0.1) is 24.9 Å². The number of halogens is 1. The summed E-state index contributed by atoms with van der Waals surface area (Å²) in [5, 5.41) is 4.24. The molecule has 0 fully saturated rings. The molecule has 0 radical (unpaired) electrons. The Hall–Kier alpha value is -2.79. The zero-order valence-electron chi connectivity index (χ0n) is 14.9. The molecule has 0 bridgehead atoms. The minimum Gasteiger partial charge on any atom is -0.497 e. The van der Waals surface area contributed by atoms with Crippen molar-refractivity contribution in [2.75, 3.05) is 19.0 Å². The molecule has 0 saturated carbocycles. The highest BCUT2D eigenvalue weighted by Gasteiger charge is 2.17. The number of hydrogen-bond acceptors (Lipinski definition) is 5. The minimum absolute atomic E-state index is 0. The predicted molar refractivity (Wildman–Crippen MR) is 106 cm³/mol. The van der Waals surface area contributed by atoms with Gasteiger partial charge < -0.3 is 14.8 Å². The van der Waals surface area contributed by atoms with Crippen LogP contribution in [0.15, 0.2) is 48.7 Å². The van der Waals surface area contributed by atoms with Crippen molar-refractivity contribution in [1.29, 1.82) is 0 Å². The monoisotopic (exact) mass is 372 g/mol. The number of ether oxygens (including phenoxy) is 2. The second-order valence-corrected chi connectivity index (χ2v) is 5.59. The summed E-state index contributed by atoms with van der Waals surface area (Å²) in [5.41, 5.74) is 3.81. The number of fused-ring (bicyclic) bond motifs is 1. The fourth-order valence-corrected chi connectivity index (χ4v) is 2.68. The van der Waals surface area contributed by atoms with Crippen LogP contribution in [0.3, 0.4) is 0 Å². The van der Waals surface area contributed by atoms with Crippen molar-refractivity contribution >= 4 is 40.7 Å². The molecule has 3 rings (SSSR count). The molecule has 136 valence electrons. The number of para-hydroxylation sites is 1. The number of methoxy groups -OCH3 is 1. The second kappa shape index (κ2) is 8.54. The van der Waals surface area contributed by atoms with Crippen molar-refractivity contribution in [3.63, 3.8) is 0 Å². The molecule has 2 aromatic carbocycles. The third-order valence-electron chi connectivity index (χ3n) is 3.96. The smallest absolute Gasteiger partial charge is 0.341 e. The van der Waals surface area contributed by atoms with Gasteiger partial charge in [-0.25, -0.2) is 4.79 Å². The van der Waals surface area contributed by atoms with Gasteiger partial charge in [-0.2, -0.15) is 0 Å². The van der Waals surface area contributed by atoms with E-state index < -0.39 is 5.97 Å². The predicted octanol–water partition coefficient (Wildman–Crippen LogP) is 4.89. The van der Waals surface area contributed by atoms with Crippen molar-refractivity contribution in [2.24, 2.45) is 0 Å². The lowest BCUT2D eigenvalue weighted by molar-refractivity contribution is 0.0527. The van der Waals surface area contributed by atoms with E-state index in [9.17, 15) is 4.79 Å². The summed E-state index contributed by atoms with van der Waals surface area (Å²) >= 11 is 0. The number of esters is 1. The van der Waals surface area contributed by atoms with Crippen LogP contribution in [0.5, 0.6) is 5.75 Å². The molecule has 0 spiro atoms.